The van der Waals surface area contributed by atoms with Crippen LogP contribution in [-0.4, -0.2) is 13.7 Å². The van der Waals surface area contributed by atoms with Crippen LogP contribution in [0.2, 0.25) is 0 Å². The van der Waals surface area contributed by atoms with Crippen LogP contribution in [0.3, 0.4) is 0 Å². The Hall–Kier alpha value is -1.44. The minimum absolute atomic E-state index is 0.882. The van der Waals surface area contributed by atoms with Gasteiger partial charge in [0.05, 0.1) is 12.8 Å². The van der Waals surface area contributed by atoms with E-state index in [0.717, 1.165) is 18.0 Å². The van der Waals surface area contributed by atoms with Gasteiger partial charge in [-0.2, -0.15) is 0 Å². The summed E-state index contributed by atoms with van der Waals surface area (Å²) in [6.45, 7) is 0.882. The second-order valence-electron chi connectivity index (χ2n) is 2.71. The van der Waals surface area contributed by atoms with E-state index in [9.17, 15) is 0 Å². The molecule has 1 aromatic rings. The van der Waals surface area contributed by atoms with E-state index in [1.807, 2.05) is 12.1 Å². The van der Waals surface area contributed by atoms with Crippen LogP contribution in [0.5, 0.6) is 5.75 Å². The molecule has 62 valence electrons. The summed E-state index contributed by atoms with van der Waals surface area (Å²) in [5.74, 6) is 0.914. The topological polar surface area (TPSA) is 21.3 Å². The number of hydrogen-bond acceptors (Lipinski definition) is 2. The summed E-state index contributed by atoms with van der Waals surface area (Å²) < 4.78 is 5.22. The summed E-state index contributed by atoms with van der Waals surface area (Å²) in [7, 11) is 1.69. The number of ether oxygens (including phenoxy) is 1. The quantitative estimate of drug-likeness (QED) is 0.681. The van der Waals surface area contributed by atoms with E-state index in [-0.39, 0.29) is 0 Å². The largest absolute Gasteiger partial charge is 0.495 e. The van der Waals surface area contributed by atoms with Crippen LogP contribution < -0.4 is 10.1 Å². The minimum Gasteiger partial charge on any atom is -0.495 e. The van der Waals surface area contributed by atoms with Gasteiger partial charge in [-0.3, -0.25) is 0 Å². The number of rotatable bonds is 1. The molecule has 2 nitrogen and oxygen atoms in total. The average Bonchev–Trinajstić information content (AvgIpc) is 2.17. The maximum atomic E-state index is 5.22. The first-order valence-electron chi connectivity index (χ1n) is 3.99. The third-order valence-electron chi connectivity index (χ3n) is 1.97. The molecule has 0 unspecified atom stereocenters. The highest BCUT2D eigenvalue weighted by Gasteiger charge is 2.07. The van der Waals surface area contributed by atoms with Gasteiger partial charge in [-0.25, -0.2) is 0 Å². The second-order valence-corrected chi connectivity index (χ2v) is 2.71. The van der Waals surface area contributed by atoms with Crippen LogP contribution in [0.15, 0.2) is 24.3 Å². The van der Waals surface area contributed by atoms with Gasteiger partial charge in [0.25, 0.3) is 0 Å². The van der Waals surface area contributed by atoms with Crippen molar-refractivity contribution in [1.82, 2.24) is 0 Å². The fourth-order valence-electron chi connectivity index (χ4n) is 1.39. The van der Waals surface area contributed by atoms with E-state index in [0.29, 0.717) is 0 Å². The van der Waals surface area contributed by atoms with Crippen LogP contribution in [0.4, 0.5) is 5.69 Å². The Labute approximate surface area is 71.9 Å². The summed E-state index contributed by atoms with van der Waals surface area (Å²) in [6, 6.07) is 6.03. The Morgan fingerprint density at radius 3 is 3.17 bits per heavy atom. The first kappa shape index (κ1) is 7.22. The number of anilines is 1. The van der Waals surface area contributed by atoms with Crippen molar-refractivity contribution in [2.45, 2.75) is 0 Å². The zero-order chi connectivity index (χ0) is 8.39. The summed E-state index contributed by atoms with van der Waals surface area (Å²) >= 11 is 0. The third kappa shape index (κ3) is 1.05. The van der Waals surface area contributed by atoms with Crippen molar-refractivity contribution < 1.29 is 4.74 Å². The molecule has 0 atom stereocenters. The lowest BCUT2D eigenvalue weighted by molar-refractivity contribution is 0.416. The smallest absolute Gasteiger partial charge is 0.142 e. The molecule has 1 aromatic carbocycles. The van der Waals surface area contributed by atoms with Crippen molar-refractivity contribution in [3.05, 3.63) is 29.8 Å². The van der Waals surface area contributed by atoms with Gasteiger partial charge in [-0.05, 0) is 6.07 Å². The standard InChI is InChI=1S/C10H11NO/c1-12-9-6-2-4-8-5-3-7-11-10(8)9/h2-6,11H,7H2,1H3. The molecule has 0 aliphatic carbocycles. The first-order valence-corrected chi connectivity index (χ1v) is 3.99. The molecule has 12 heavy (non-hydrogen) atoms. The molecule has 0 saturated carbocycles. The van der Waals surface area contributed by atoms with Crippen LogP contribution >= 0.6 is 0 Å². The van der Waals surface area contributed by atoms with Gasteiger partial charge < -0.3 is 10.1 Å². The van der Waals surface area contributed by atoms with Crippen LogP contribution in [0, 0.1) is 0 Å². The lowest BCUT2D eigenvalue weighted by atomic mass is 10.1. The highest BCUT2D eigenvalue weighted by molar-refractivity contribution is 5.75. The lowest BCUT2D eigenvalue weighted by Crippen LogP contribution is -2.05. The zero-order valence-electron chi connectivity index (χ0n) is 7.00. The van der Waals surface area contributed by atoms with Gasteiger partial charge in [0.1, 0.15) is 5.75 Å². The molecule has 1 N–H and O–H groups in total. The normalized spacial score (nSPS) is 13.4. The van der Waals surface area contributed by atoms with Gasteiger partial charge in [-0.1, -0.05) is 24.3 Å². The molecule has 1 aliphatic rings. The number of nitrogens with one attached hydrogen (secondary N) is 1. The second kappa shape index (κ2) is 2.89. The van der Waals surface area contributed by atoms with E-state index < -0.39 is 0 Å². The zero-order valence-corrected chi connectivity index (χ0v) is 7.00. The summed E-state index contributed by atoms with van der Waals surface area (Å²) in [5, 5.41) is 3.27. The Bertz CT molecular complexity index is 318. The molecule has 1 heterocycles. The fourth-order valence-corrected chi connectivity index (χ4v) is 1.39. The molecule has 2 rings (SSSR count). The average molecular weight is 161 g/mol. The molecule has 0 fully saturated rings. The molecule has 1 aliphatic heterocycles. The first-order chi connectivity index (χ1) is 5.92. The molecule has 0 aromatic heterocycles. The number of benzene rings is 1. The highest BCUT2D eigenvalue weighted by Crippen LogP contribution is 2.30. The molecular weight excluding hydrogens is 150 g/mol. The SMILES string of the molecule is COc1cccc2c1NCC=C2. The van der Waals surface area contributed by atoms with Gasteiger partial charge >= 0.3 is 0 Å². The highest BCUT2D eigenvalue weighted by atomic mass is 16.5. The van der Waals surface area contributed by atoms with E-state index >= 15 is 0 Å². The Kier molecular flexibility index (Phi) is 1.74. The number of methoxy groups -OCH3 is 1. The molecular formula is C10H11NO. The van der Waals surface area contributed by atoms with Gasteiger partial charge in [0, 0.05) is 12.1 Å². The lowest BCUT2D eigenvalue weighted by Gasteiger charge is -2.15. The van der Waals surface area contributed by atoms with Crippen molar-refractivity contribution >= 4 is 11.8 Å². The molecule has 0 bridgehead atoms. The van der Waals surface area contributed by atoms with Crippen LogP contribution in [0.1, 0.15) is 5.56 Å². The maximum absolute atomic E-state index is 5.22. The Morgan fingerprint density at radius 2 is 2.33 bits per heavy atom. The van der Waals surface area contributed by atoms with Crippen molar-refractivity contribution in [1.29, 1.82) is 0 Å². The predicted octanol–water partition coefficient (Wildman–Crippen LogP) is 2.13. The Balaban J connectivity index is 2.53. The number of fused-ring (bicyclic) bond motifs is 1. The number of hydrogen-bond donors (Lipinski definition) is 1. The van der Waals surface area contributed by atoms with E-state index in [2.05, 4.69) is 23.5 Å². The molecule has 2 heteroatoms. The van der Waals surface area contributed by atoms with Gasteiger partial charge in [0.15, 0.2) is 0 Å². The molecule has 0 amide bonds. The van der Waals surface area contributed by atoms with Gasteiger partial charge in [0.2, 0.25) is 0 Å². The monoisotopic (exact) mass is 161 g/mol. The fraction of sp³-hybridized carbons (Fsp3) is 0.200. The van der Waals surface area contributed by atoms with Crippen molar-refractivity contribution in [2.24, 2.45) is 0 Å². The summed E-state index contributed by atoms with van der Waals surface area (Å²) in [6.07, 6.45) is 4.20. The summed E-state index contributed by atoms with van der Waals surface area (Å²) in [5.41, 5.74) is 2.29. The van der Waals surface area contributed by atoms with Crippen molar-refractivity contribution in [2.75, 3.05) is 19.0 Å². The van der Waals surface area contributed by atoms with E-state index in [1.165, 1.54) is 5.56 Å². The number of para-hydroxylation sites is 1. The molecule has 0 spiro atoms. The molecule has 0 radical (unpaired) electrons. The van der Waals surface area contributed by atoms with Crippen LogP contribution in [-0.2, 0) is 0 Å². The van der Waals surface area contributed by atoms with Crippen molar-refractivity contribution in [3.63, 3.8) is 0 Å². The van der Waals surface area contributed by atoms with Crippen LogP contribution in [0.25, 0.3) is 6.08 Å². The molecule has 0 saturated heterocycles. The summed E-state index contributed by atoms with van der Waals surface area (Å²) in [4.78, 5) is 0. The Morgan fingerprint density at radius 1 is 1.42 bits per heavy atom. The van der Waals surface area contributed by atoms with E-state index in [4.69, 9.17) is 4.74 Å². The van der Waals surface area contributed by atoms with E-state index in [1.54, 1.807) is 7.11 Å². The third-order valence-corrected chi connectivity index (χ3v) is 1.97. The minimum atomic E-state index is 0.882. The maximum Gasteiger partial charge on any atom is 0.142 e. The van der Waals surface area contributed by atoms with Gasteiger partial charge in [-0.15, -0.1) is 0 Å². The predicted molar refractivity (Wildman–Crippen MR) is 50.5 cm³/mol. The van der Waals surface area contributed by atoms with Crippen molar-refractivity contribution in [3.8, 4) is 5.75 Å².